The summed E-state index contributed by atoms with van der Waals surface area (Å²) in [6, 6.07) is 3.46. The first-order chi connectivity index (χ1) is 7.15. The van der Waals surface area contributed by atoms with E-state index in [-0.39, 0.29) is 11.8 Å². The van der Waals surface area contributed by atoms with Crippen molar-refractivity contribution in [3.63, 3.8) is 0 Å². The molecule has 0 radical (unpaired) electrons. The van der Waals surface area contributed by atoms with Crippen molar-refractivity contribution in [3.8, 4) is 0 Å². The molecule has 4 heteroatoms. The lowest BCUT2D eigenvalue weighted by molar-refractivity contribution is 0.0846. The smallest absolute Gasteiger partial charge is 0.267 e. The summed E-state index contributed by atoms with van der Waals surface area (Å²) in [4.78, 5) is 14.3. The Bertz CT molecular complexity index is 296. The quantitative estimate of drug-likeness (QED) is 0.682. The summed E-state index contributed by atoms with van der Waals surface area (Å²) >= 11 is 0. The molecule has 0 aliphatic carbocycles. The van der Waals surface area contributed by atoms with E-state index in [9.17, 15) is 9.90 Å². The Morgan fingerprint density at radius 3 is 2.93 bits per heavy atom. The highest BCUT2D eigenvalue weighted by atomic mass is 16.3. The van der Waals surface area contributed by atoms with E-state index in [4.69, 9.17) is 0 Å². The van der Waals surface area contributed by atoms with E-state index in [1.54, 1.807) is 18.3 Å². The van der Waals surface area contributed by atoms with Crippen molar-refractivity contribution in [2.45, 2.75) is 26.4 Å². The van der Waals surface area contributed by atoms with E-state index >= 15 is 0 Å². The number of amides is 1. The molecule has 15 heavy (non-hydrogen) atoms. The van der Waals surface area contributed by atoms with Gasteiger partial charge in [0, 0.05) is 12.7 Å². The number of nitrogens with one attached hydrogen (secondary N) is 2. The van der Waals surface area contributed by atoms with Gasteiger partial charge in [0.2, 0.25) is 0 Å². The average Bonchev–Trinajstić information content (AvgIpc) is 2.77. The van der Waals surface area contributed by atoms with Crippen molar-refractivity contribution in [2.75, 3.05) is 6.54 Å². The van der Waals surface area contributed by atoms with Gasteiger partial charge in [-0.15, -0.1) is 0 Å². The molecule has 0 aliphatic heterocycles. The van der Waals surface area contributed by atoms with Gasteiger partial charge in [0.15, 0.2) is 0 Å². The van der Waals surface area contributed by atoms with Crippen LogP contribution in [0.25, 0.3) is 0 Å². The number of aromatic amines is 1. The summed E-state index contributed by atoms with van der Waals surface area (Å²) in [7, 11) is 0. The van der Waals surface area contributed by atoms with Crippen LogP contribution in [0, 0.1) is 5.92 Å². The summed E-state index contributed by atoms with van der Waals surface area (Å²) in [5.74, 6) is 0.0243. The molecule has 0 fully saturated rings. The van der Waals surface area contributed by atoms with Crippen molar-refractivity contribution >= 4 is 5.91 Å². The summed E-state index contributed by atoms with van der Waals surface area (Å²) in [6.07, 6.45) is 2.12. The maximum atomic E-state index is 11.5. The second kappa shape index (κ2) is 5.56. The number of hydrogen-bond acceptors (Lipinski definition) is 2. The van der Waals surface area contributed by atoms with Gasteiger partial charge in [0.25, 0.3) is 5.91 Å². The molecule has 84 valence electrons. The number of hydrogen-bond donors (Lipinski definition) is 3. The predicted octanol–water partition coefficient (Wildman–Crippen LogP) is 1.15. The normalized spacial score (nSPS) is 14.6. The number of H-pyrrole nitrogens is 1. The monoisotopic (exact) mass is 210 g/mol. The Morgan fingerprint density at radius 1 is 1.67 bits per heavy atom. The van der Waals surface area contributed by atoms with Crippen LogP contribution < -0.4 is 5.32 Å². The molecule has 0 aliphatic rings. The molecule has 1 rings (SSSR count). The lowest BCUT2D eigenvalue weighted by Crippen LogP contribution is -2.35. The summed E-state index contributed by atoms with van der Waals surface area (Å²) < 4.78 is 0. The Hall–Kier alpha value is -1.29. The Balaban J connectivity index is 2.34. The Kier molecular flexibility index (Phi) is 4.37. The largest absolute Gasteiger partial charge is 0.391 e. The van der Waals surface area contributed by atoms with Gasteiger partial charge in [-0.25, -0.2) is 0 Å². The minimum absolute atomic E-state index is 0.178. The molecule has 1 aromatic heterocycles. The topological polar surface area (TPSA) is 65.1 Å². The van der Waals surface area contributed by atoms with Gasteiger partial charge >= 0.3 is 0 Å². The van der Waals surface area contributed by atoms with Crippen molar-refractivity contribution < 1.29 is 9.90 Å². The third-order valence-corrected chi connectivity index (χ3v) is 2.62. The zero-order chi connectivity index (χ0) is 11.3. The highest BCUT2D eigenvalue weighted by Crippen LogP contribution is 2.06. The van der Waals surface area contributed by atoms with Crippen LogP contribution in [0.4, 0.5) is 0 Å². The minimum atomic E-state index is -0.478. The maximum absolute atomic E-state index is 11.5. The molecular formula is C11H18N2O2. The Morgan fingerprint density at radius 2 is 2.40 bits per heavy atom. The molecule has 0 bridgehead atoms. The van der Waals surface area contributed by atoms with Gasteiger partial charge in [-0.05, 0) is 18.1 Å². The highest BCUT2D eigenvalue weighted by molar-refractivity contribution is 5.92. The van der Waals surface area contributed by atoms with Gasteiger partial charge in [-0.2, -0.15) is 0 Å². The summed E-state index contributed by atoms with van der Waals surface area (Å²) in [5, 5.41) is 12.3. The second-order valence-corrected chi connectivity index (χ2v) is 3.75. The molecular weight excluding hydrogens is 192 g/mol. The van der Waals surface area contributed by atoms with Crippen LogP contribution in [-0.4, -0.2) is 28.6 Å². The van der Waals surface area contributed by atoms with Crippen molar-refractivity contribution in [1.29, 1.82) is 0 Å². The van der Waals surface area contributed by atoms with Crippen molar-refractivity contribution in [3.05, 3.63) is 24.0 Å². The number of carbonyl (C=O) groups is 1. The molecule has 1 aromatic rings. The van der Waals surface area contributed by atoms with Crippen LogP contribution in [0.15, 0.2) is 18.3 Å². The molecule has 0 spiro atoms. The molecule has 2 atom stereocenters. The summed E-state index contributed by atoms with van der Waals surface area (Å²) in [6.45, 7) is 4.28. The van der Waals surface area contributed by atoms with Crippen LogP contribution in [0.1, 0.15) is 30.8 Å². The fourth-order valence-corrected chi connectivity index (χ4v) is 1.24. The van der Waals surface area contributed by atoms with Gasteiger partial charge in [0.1, 0.15) is 5.69 Å². The van der Waals surface area contributed by atoms with Crippen LogP contribution in [-0.2, 0) is 0 Å². The van der Waals surface area contributed by atoms with Crippen molar-refractivity contribution in [1.82, 2.24) is 10.3 Å². The van der Waals surface area contributed by atoms with E-state index in [0.29, 0.717) is 12.2 Å². The summed E-state index contributed by atoms with van der Waals surface area (Å²) in [5.41, 5.74) is 0.520. The van der Waals surface area contributed by atoms with E-state index in [2.05, 4.69) is 10.3 Å². The van der Waals surface area contributed by atoms with Gasteiger partial charge in [-0.3, -0.25) is 4.79 Å². The molecule has 1 amide bonds. The zero-order valence-electron chi connectivity index (χ0n) is 9.16. The molecule has 0 saturated heterocycles. The first-order valence-electron chi connectivity index (χ1n) is 5.24. The van der Waals surface area contributed by atoms with Crippen LogP contribution in [0.3, 0.4) is 0 Å². The highest BCUT2D eigenvalue weighted by Gasteiger charge is 2.14. The van der Waals surface area contributed by atoms with E-state index in [1.165, 1.54) is 0 Å². The van der Waals surface area contributed by atoms with Crippen LogP contribution in [0.2, 0.25) is 0 Å². The molecule has 0 aromatic carbocycles. The lowest BCUT2D eigenvalue weighted by Gasteiger charge is -2.17. The molecule has 2 unspecified atom stereocenters. The predicted molar refractivity (Wildman–Crippen MR) is 58.6 cm³/mol. The lowest BCUT2D eigenvalue weighted by atomic mass is 10.0. The number of aliphatic hydroxyl groups is 1. The first-order valence-corrected chi connectivity index (χ1v) is 5.24. The molecule has 0 saturated carbocycles. The minimum Gasteiger partial charge on any atom is -0.391 e. The maximum Gasteiger partial charge on any atom is 0.267 e. The third kappa shape index (κ3) is 3.40. The average molecular weight is 210 g/mol. The van der Waals surface area contributed by atoms with E-state index < -0.39 is 6.10 Å². The van der Waals surface area contributed by atoms with E-state index in [0.717, 1.165) is 6.42 Å². The first kappa shape index (κ1) is 11.8. The van der Waals surface area contributed by atoms with Gasteiger partial charge < -0.3 is 15.4 Å². The second-order valence-electron chi connectivity index (χ2n) is 3.75. The number of carbonyl (C=O) groups excluding carboxylic acids is 1. The molecule has 1 heterocycles. The fourth-order valence-electron chi connectivity index (χ4n) is 1.24. The van der Waals surface area contributed by atoms with Gasteiger partial charge in [0.05, 0.1) is 6.10 Å². The zero-order valence-corrected chi connectivity index (χ0v) is 9.16. The molecule has 4 nitrogen and oxygen atoms in total. The van der Waals surface area contributed by atoms with Crippen LogP contribution in [0.5, 0.6) is 0 Å². The number of aromatic nitrogens is 1. The standard InChI is InChI=1S/C11H18N2O2/c1-3-8(2)10(14)7-13-11(15)9-5-4-6-12-9/h4-6,8,10,12,14H,3,7H2,1-2H3,(H,13,15). The fraction of sp³-hybridized carbons (Fsp3) is 0.545. The SMILES string of the molecule is CCC(C)C(O)CNC(=O)c1ccc[nH]1. The Labute approximate surface area is 89.7 Å². The number of aliphatic hydroxyl groups excluding tert-OH is 1. The molecule has 3 N–H and O–H groups in total. The van der Waals surface area contributed by atoms with Crippen molar-refractivity contribution in [2.24, 2.45) is 5.92 Å². The number of rotatable bonds is 5. The van der Waals surface area contributed by atoms with Gasteiger partial charge in [-0.1, -0.05) is 20.3 Å². The van der Waals surface area contributed by atoms with E-state index in [1.807, 2.05) is 13.8 Å². The van der Waals surface area contributed by atoms with Crippen LogP contribution >= 0.6 is 0 Å². The third-order valence-electron chi connectivity index (χ3n) is 2.62.